The Kier molecular flexibility index (Phi) is 4.27. The molecule has 17 heavy (non-hydrogen) atoms. The van der Waals surface area contributed by atoms with E-state index in [1.165, 1.54) is 21.6 Å². The summed E-state index contributed by atoms with van der Waals surface area (Å²) >= 11 is 1.97. The van der Waals surface area contributed by atoms with Crippen molar-refractivity contribution in [3.05, 3.63) is 65.2 Å². The van der Waals surface area contributed by atoms with E-state index in [0.29, 0.717) is 0 Å². The van der Waals surface area contributed by atoms with E-state index in [0.717, 1.165) is 12.2 Å². The normalized spacial score (nSPS) is 10.5. The molecule has 2 rings (SSSR count). The van der Waals surface area contributed by atoms with E-state index in [1.807, 2.05) is 11.8 Å². The Bertz CT molecular complexity index is 454. The van der Waals surface area contributed by atoms with Gasteiger partial charge in [0.15, 0.2) is 0 Å². The molecule has 2 aromatic rings. The van der Waals surface area contributed by atoms with Gasteiger partial charge in [0.05, 0.1) is 0 Å². The molecule has 0 amide bonds. The zero-order valence-electron chi connectivity index (χ0n) is 10.4. The second-order valence-electron chi connectivity index (χ2n) is 4.30. The maximum atomic E-state index is 2.20. The number of thioether (sulfide) groups is 1. The van der Waals surface area contributed by atoms with Gasteiger partial charge < -0.3 is 0 Å². The van der Waals surface area contributed by atoms with E-state index in [2.05, 4.69) is 62.4 Å². The fourth-order valence-electron chi connectivity index (χ4n) is 1.94. The third kappa shape index (κ3) is 3.37. The summed E-state index contributed by atoms with van der Waals surface area (Å²) < 4.78 is 0. The molecule has 0 unspecified atom stereocenters. The first-order valence-electron chi connectivity index (χ1n) is 6.00. The van der Waals surface area contributed by atoms with Gasteiger partial charge in [0, 0.05) is 10.6 Å². The van der Waals surface area contributed by atoms with Crippen molar-refractivity contribution >= 4 is 11.8 Å². The lowest BCUT2D eigenvalue weighted by Crippen LogP contribution is -1.90. The molecular weight excluding hydrogens is 224 g/mol. The van der Waals surface area contributed by atoms with Crippen LogP contribution in [0.15, 0.2) is 53.4 Å². The van der Waals surface area contributed by atoms with Gasteiger partial charge in [-0.1, -0.05) is 48.5 Å². The summed E-state index contributed by atoms with van der Waals surface area (Å²) in [5.41, 5.74) is 4.21. The van der Waals surface area contributed by atoms with Crippen molar-refractivity contribution in [1.82, 2.24) is 0 Å². The minimum Gasteiger partial charge on any atom is -0.125 e. The van der Waals surface area contributed by atoms with Gasteiger partial charge in [-0.2, -0.15) is 0 Å². The highest BCUT2D eigenvalue weighted by molar-refractivity contribution is 7.99. The van der Waals surface area contributed by atoms with E-state index in [1.54, 1.807) is 0 Å². The summed E-state index contributed by atoms with van der Waals surface area (Å²) in [5.74, 6) is 1.15. The Morgan fingerprint density at radius 1 is 0.824 bits per heavy atom. The maximum Gasteiger partial charge on any atom is 0.0130 e. The number of aryl methyl sites for hydroxylation is 3. The molecule has 0 spiro atoms. The average molecular weight is 242 g/mol. The zero-order chi connectivity index (χ0) is 12.1. The highest BCUT2D eigenvalue weighted by atomic mass is 32.2. The Morgan fingerprint density at radius 3 is 2.12 bits per heavy atom. The van der Waals surface area contributed by atoms with Crippen LogP contribution in [0.25, 0.3) is 0 Å². The fourth-order valence-corrected chi connectivity index (χ4v) is 3.08. The number of hydrogen-bond acceptors (Lipinski definition) is 1. The highest BCUT2D eigenvalue weighted by Crippen LogP contribution is 2.26. The van der Waals surface area contributed by atoms with Crippen molar-refractivity contribution in [3.63, 3.8) is 0 Å². The smallest absolute Gasteiger partial charge is 0.0130 e. The van der Waals surface area contributed by atoms with Crippen LogP contribution in [0.3, 0.4) is 0 Å². The SMILES string of the molecule is Cc1cccc(C)c1SCCc1ccccc1. The molecule has 0 bridgehead atoms. The lowest BCUT2D eigenvalue weighted by molar-refractivity contribution is 1.14. The largest absolute Gasteiger partial charge is 0.125 e. The van der Waals surface area contributed by atoms with E-state index >= 15 is 0 Å². The Labute approximate surface area is 108 Å². The molecule has 0 fully saturated rings. The van der Waals surface area contributed by atoms with E-state index < -0.39 is 0 Å². The molecule has 0 aliphatic heterocycles. The minimum atomic E-state index is 1.14. The second kappa shape index (κ2) is 5.92. The summed E-state index contributed by atoms with van der Waals surface area (Å²) in [4.78, 5) is 1.45. The van der Waals surface area contributed by atoms with Crippen molar-refractivity contribution in [2.45, 2.75) is 25.2 Å². The average Bonchev–Trinajstić information content (AvgIpc) is 2.34. The van der Waals surface area contributed by atoms with Crippen molar-refractivity contribution in [2.75, 3.05) is 5.75 Å². The van der Waals surface area contributed by atoms with E-state index in [-0.39, 0.29) is 0 Å². The van der Waals surface area contributed by atoms with Crippen LogP contribution < -0.4 is 0 Å². The Hall–Kier alpha value is -1.21. The molecule has 2 aromatic carbocycles. The Morgan fingerprint density at radius 2 is 1.47 bits per heavy atom. The molecule has 0 saturated carbocycles. The van der Waals surface area contributed by atoms with Crippen molar-refractivity contribution in [3.8, 4) is 0 Å². The van der Waals surface area contributed by atoms with Crippen LogP contribution in [0.1, 0.15) is 16.7 Å². The van der Waals surface area contributed by atoms with Crippen molar-refractivity contribution in [2.24, 2.45) is 0 Å². The number of rotatable bonds is 4. The first-order chi connectivity index (χ1) is 8.27. The van der Waals surface area contributed by atoms with Crippen LogP contribution in [0, 0.1) is 13.8 Å². The molecule has 88 valence electrons. The topological polar surface area (TPSA) is 0 Å². The van der Waals surface area contributed by atoms with Gasteiger partial charge in [-0.15, -0.1) is 11.8 Å². The molecule has 0 radical (unpaired) electrons. The monoisotopic (exact) mass is 242 g/mol. The lowest BCUT2D eigenvalue weighted by Gasteiger charge is -2.08. The molecule has 0 atom stereocenters. The van der Waals surface area contributed by atoms with Crippen LogP contribution in [0.4, 0.5) is 0 Å². The van der Waals surface area contributed by atoms with Crippen LogP contribution in [-0.2, 0) is 6.42 Å². The predicted octanol–water partition coefficient (Wildman–Crippen LogP) is 4.64. The second-order valence-corrected chi connectivity index (χ2v) is 5.41. The molecule has 0 nitrogen and oxygen atoms in total. The third-order valence-electron chi connectivity index (χ3n) is 2.89. The van der Waals surface area contributed by atoms with Gasteiger partial charge in [0.2, 0.25) is 0 Å². The van der Waals surface area contributed by atoms with Gasteiger partial charge in [0.25, 0.3) is 0 Å². The lowest BCUT2D eigenvalue weighted by atomic mass is 10.2. The summed E-state index contributed by atoms with van der Waals surface area (Å²) in [7, 11) is 0. The molecule has 0 aromatic heterocycles. The Balaban J connectivity index is 1.95. The van der Waals surface area contributed by atoms with Gasteiger partial charge in [0.1, 0.15) is 0 Å². The molecule has 1 heteroatoms. The van der Waals surface area contributed by atoms with Gasteiger partial charge >= 0.3 is 0 Å². The maximum absolute atomic E-state index is 2.20. The number of hydrogen-bond donors (Lipinski definition) is 0. The fraction of sp³-hybridized carbons (Fsp3) is 0.250. The molecule has 0 saturated heterocycles. The quantitative estimate of drug-likeness (QED) is 0.704. The molecule has 0 heterocycles. The van der Waals surface area contributed by atoms with Gasteiger partial charge in [-0.25, -0.2) is 0 Å². The summed E-state index contributed by atoms with van der Waals surface area (Å²) in [6.45, 7) is 4.38. The summed E-state index contributed by atoms with van der Waals surface area (Å²) in [6, 6.07) is 17.2. The molecule has 0 aliphatic rings. The first-order valence-corrected chi connectivity index (χ1v) is 6.99. The van der Waals surface area contributed by atoms with Crippen molar-refractivity contribution in [1.29, 1.82) is 0 Å². The third-order valence-corrected chi connectivity index (χ3v) is 4.23. The number of benzene rings is 2. The summed E-state index contributed by atoms with van der Waals surface area (Å²) in [6.07, 6.45) is 1.14. The molecule has 0 N–H and O–H groups in total. The van der Waals surface area contributed by atoms with Crippen LogP contribution >= 0.6 is 11.8 Å². The van der Waals surface area contributed by atoms with Crippen LogP contribution in [-0.4, -0.2) is 5.75 Å². The first kappa shape index (κ1) is 12.3. The van der Waals surface area contributed by atoms with Crippen LogP contribution in [0.5, 0.6) is 0 Å². The predicted molar refractivity (Wildman–Crippen MR) is 76.8 cm³/mol. The molecular formula is C16H18S. The molecule has 0 aliphatic carbocycles. The summed E-state index contributed by atoms with van der Waals surface area (Å²) in [5, 5.41) is 0. The van der Waals surface area contributed by atoms with Crippen LogP contribution in [0.2, 0.25) is 0 Å². The minimum absolute atomic E-state index is 1.14. The van der Waals surface area contributed by atoms with E-state index in [9.17, 15) is 0 Å². The zero-order valence-corrected chi connectivity index (χ0v) is 11.3. The van der Waals surface area contributed by atoms with Gasteiger partial charge in [-0.3, -0.25) is 0 Å². The standard InChI is InChI=1S/C16H18S/c1-13-7-6-8-14(2)16(13)17-12-11-15-9-4-3-5-10-15/h3-10H,11-12H2,1-2H3. The van der Waals surface area contributed by atoms with Gasteiger partial charge in [-0.05, 0) is 37.0 Å². The highest BCUT2D eigenvalue weighted by Gasteiger charge is 2.02. The van der Waals surface area contributed by atoms with Crippen molar-refractivity contribution < 1.29 is 0 Å². The van der Waals surface area contributed by atoms with E-state index in [4.69, 9.17) is 0 Å².